The Morgan fingerprint density at radius 1 is 1.77 bits per heavy atom. The molecule has 0 saturated heterocycles. The van der Waals surface area contributed by atoms with Crippen LogP contribution in [0.15, 0.2) is 29.0 Å². The van der Waals surface area contributed by atoms with Crippen molar-refractivity contribution >= 4 is 6.21 Å². The van der Waals surface area contributed by atoms with Gasteiger partial charge in [0.2, 0.25) is 0 Å². The standard InChI is InChI=1S/C10H13N3/c1-2-9(8-11)13-10-4-3-6-12-7-5-10/h3-4,6-7,9,13H,2,5H2,1H3. The van der Waals surface area contributed by atoms with E-state index in [1.165, 1.54) is 0 Å². The van der Waals surface area contributed by atoms with E-state index in [0.29, 0.717) is 0 Å². The van der Waals surface area contributed by atoms with Gasteiger partial charge >= 0.3 is 0 Å². The van der Waals surface area contributed by atoms with Gasteiger partial charge in [0.1, 0.15) is 6.04 Å². The van der Waals surface area contributed by atoms with Gasteiger partial charge in [-0.1, -0.05) is 6.92 Å². The highest BCUT2D eigenvalue weighted by Crippen LogP contribution is 2.02. The molecule has 1 unspecified atom stereocenters. The highest BCUT2D eigenvalue weighted by atomic mass is 14.9. The fraction of sp³-hybridized carbons (Fsp3) is 0.400. The molecule has 0 radical (unpaired) electrons. The normalized spacial score (nSPS) is 17.1. The molecule has 68 valence electrons. The van der Waals surface area contributed by atoms with Gasteiger partial charge in [-0.3, -0.25) is 4.99 Å². The molecule has 0 bridgehead atoms. The number of allylic oxidation sites excluding steroid dienone is 3. The zero-order valence-electron chi connectivity index (χ0n) is 7.70. The first kappa shape index (κ1) is 9.53. The largest absolute Gasteiger partial charge is 0.373 e. The lowest BCUT2D eigenvalue weighted by atomic mass is 10.2. The quantitative estimate of drug-likeness (QED) is 0.710. The molecule has 1 heterocycles. The molecule has 3 heteroatoms. The first-order valence-corrected chi connectivity index (χ1v) is 4.40. The van der Waals surface area contributed by atoms with Crippen molar-refractivity contribution in [2.75, 3.05) is 0 Å². The van der Waals surface area contributed by atoms with Gasteiger partial charge in [0.05, 0.1) is 6.07 Å². The van der Waals surface area contributed by atoms with E-state index < -0.39 is 0 Å². The van der Waals surface area contributed by atoms with Gasteiger partial charge in [0.15, 0.2) is 0 Å². The minimum absolute atomic E-state index is 0.0915. The van der Waals surface area contributed by atoms with Crippen molar-refractivity contribution in [3.05, 3.63) is 24.0 Å². The van der Waals surface area contributed by atoms with Crippen molar-refractivity contribution in [3.63, 3.8) is 0 Å². The Morgan fingerprint density at radius 3 is 3.31 bits per heavy atom. The van der Waals surface area contributed by atoms with Crippen LogP contribution in [0.3, 0.4) is 0 Å². The van der Waals surface area contributed by atoms with Gasteiger partial charge in [0, 0.05) is 24.5 Å². The summed E-state index contributed by atoms with van der Waals surface area (Å²) in [6, 6.07) is 2.11. The Labute approximate surface area is 78.5 Å². The third kappa shape index (κ3) is 3.12. The monoisotopic (exact) mass is 175 g/mol. The molecular weight excluding hydrogens is 162 g/mol. The third-order valence-electron chi connectivity index (χ3n) is 1.81. The highest BCUT2D eigenvalue weighted by Gasteiger charge is 2.04. The van der Waals surface area contributed by atoms with Crippen LogP contribution in [0.5, 0.6) is 0 Å². The molecule has 0 aromatic heterocycles. The Balaban J connectivity index is 2.54. The molecule has 0 spiro atoms. The molecule has 0 aromatic carbocycles. The number of aliphatic imine (C=N–C) groups is 1. The van der Waals surface area contributed by atoms with Crippen molar-refractivity contribution in [2.24, 2.45) is 4.99 Å². The van der Waals surface area contributed by atoms with Crippen molar-refractivity contribution < 1.29 is 0 Å². The summed E-state index contributed by atoms with van der Waals surface area (Å²) in [5.74, 6) is 0. The molecule has 1 aliphatic rings. The topological polar surface area (TPSA) is 48.2 Å². The summed E-state index contributed by atoms with van der Waals surface area (Å²) in [5, 5.41) is 11.9. The maximum Gasteiger partial charge on any atom is 0.113 e. The first-order chi connectivity index (χ1) is 6.36. The SMILES string of the molecule is CCC(C#N)NC1=CC=CN=CC1. The second kappa shape index (κ2) is 5.15. The van der Waals surface area contributed by atoms with Crippen LogP contribution >= 0.6 is 0 Å². The fourth-order valence-corrected chi connectivity index (χ4v) is 1.05. The van der Waals surface area contributed by atoms with Crippen molar-refractivity contribution in [1.82, 2.24) is 5.32 Å². The molecule has 1 atom stereocenters. The van der Waals surface area contributed by atoms with Crippen LogP contribution in [-0.4, -0.2) is 12.3 Å². The van der Waals surface area contributed by atoms with Crippen molar-refractivity contribution in [1.29, 1.82) is 5.26 Å². The van der Waals surface area contributed by atoms with E-state index in [0.717, 1.165) is 18.5 Å². The zero-order valence-corrected chi connectivity index (χ0v) is 7.70. The van der Waals surface area contributed by atoms with E-state index in [-0.39, 0.29) is 6.04 Å². The minimum Gasteiger partial charge on any atom is -0.373 e. The molecule has 1 N–H and O–H groups in total. The lowest BCUT2D eigenvalue weighted by Crippen LogP contribution is -2.26. The molecule has 0 saturated carbocycles. The maximum absolute atomic E-state index is 8.74. The van der Waals surface area contributed by atoms with Crippen LogP contribution in [0.2, 0.25) is 0 Å². The molecule has 3 nitrogen and oxygen atoms in total. The Bertz CT molecular complexity index is 281. The van der Waals surface area contributed by atoms with Gasteiger partial charge in [-0.25, -0.2) is 0 Å². The molecule has 13 heavy (non-hydrogen) atoms. The molecule has 0 aromatic rings. The van der Waals surface area contributed by atoms with Crippen molar-refractivity contribution in [2.45, 2.75) is 25.8 Å². The fourth-order valence-electron chi connectivity index (χ4n) is 1.05. The highest BCUT2D eigenvalue weighted by molar-refractivity contribution is 5.62. The van der Waals surface area contributed by atoms with Gasteiger partial charge in [-0.05, 0) is 18.6 Å². The summed E-state index contributed by atoms with van der Waals surface area (Å²) in [4.78, 5) is 4.00. The van der Waals surface area contributed by atoms with Gasteiger partial charge in [0.25, 0.3) is 0 Å². The number of hydrogen-bond donors (Lipinski definition) is 1. The number of nitrogens with one attached hydrogen (secondary N) is 1. The number of hydrogen-bond acceptors (Lipinski definition) is 3. The summed E-state index contributed by atoms with van der Waals surface area (Å²) in [6.45, 7) is 1.99. The van der Waals surface area contributed by atoms with E-state index in [1.807, 2.05) is 25.3 Å². The Hall–Kier alpha value is -1.56. The molecule has 1 rings (SSSR count). The van der Waals surface area contributed by atoms with E-state index >= 15 is 0 Å². The number of nitriles is 1. The van der Waals surface area contributed by atoms with Crippen LogP contribution in [0.25, 0.3) is 0 Å². The summed E-state index contributed by atoms with van der Waals surface area (Å²) >= 11 is 0. The Kier molecular flexibility index (Phi) is 3.77. The summed E-state index contributed by atoms with van der Waals surface area (Å²) in [6.07, 6.45) is 8.97. The lowest BCUT2D eigenvalue weighted by molar-refractivity contribution is 0.654. The van der Waals surface area contributed by atoms with Crippen LogP contribution in [0.1, 0.15) is 19.8 Å². The summed E-state index contributed by atoms with van der Waals surface area (Å²) < 4.78 is 0. The summed E-state index contributed by atoms with van der Waals surface area (Å²) in [7, 11) is 0. The second-order valence-electron chi connectivity index (χ2n) is 2.80. The lowest BCUT2D eigenvalue weighted by Gasteiger charge is -2.11. The average Bonchev–Trinajstić information content (AvgIpc) is 2.42. The molecule has 0 fully saturated rings. The number of nitrogens with zero attached hydrogens (tertiary/aromatic N) is 2. The van der Waals surface area contributed by atoms with Crippen LogP contribution in [-0.2, 0) is 0 Å². The van der Waals surface area contributed by atoms with Gasteiger partial charge in [-0.15, -0.1) is 0 Å². The average molecular weight is 175 g/mol. The predicted octanol–water partition coefficient (Wildman–Crippen LogP) is 1.75. The van der Waals surface area contributed by atoms with E-state index in [2.05, 4.69) is 16.4 Å². The van der Waals surface area contributed by atoms with Crippen LogP contribution < -0.4 is 5.32 Å². The smallest absolute Gasteiger partial charge is 0.113 e. The van der Waals surface area contributed by atoms with Crippen LogP contribution in [0.4, 0.5) is 0 Å². The predicted molar refractivity (Wildman–Crippen MR) is 53.2 cm³/mol. The zero-order chi connectivity index (χ0) is 9.52. The third-order valence-corrected chi connectivity index (χ3v) is 1.81. The molecule has 1 aliphatic heterocycles. The van der Waals surface area contributed by atoms with E-state index in [9.17, 15) is 0 Å². The minimum atomic E-state index is -0.0915. The first-order valence-electron chi connectivity index (χ1n) is 4.40. The van der Waals surface area contributed by atoms with Gasteiger partial charge in [-0.2, -0.15) is 5.26 Å². The molecule has 0 aliphatic carbocycles. The Morgan fingerprint density at radius 2 is 2.62 bits per heavy atom. The number of rotatable bonds is 3. The maximum atomic E-state index is 8.74. The van der Waals surface area contributed by atoms with Crippen molar-refractivity contribution in [3.8, 4) is 6.07 Å². The molecule has 0 amide bonds. The second-order valence-corrected chi connectivity index (χ2v) is 2.80. The van der Waals surface area contributed by atoms with Crippen LogP contribution in [0, 0.1) is 11.3 Å². The molecular formula is C10H13N3. The van der Waals surface area contributed by atoms with E-state index in [1.54, 1.807) is 6.20 Å². The van der Waals surface area contributed by atoms with E-state index in [4.69, 9.17) is 5.26 Å². The van der Waals surface area contributed by atoms with Gasteiger partial charge < -0.3 is 5.32 Å². The summed E-state index contributed by atoms with van der Waals surface area (Å²) in [5.41, 5.74) is 1.05.